The van der Waals surface area contributed by atoms with E-state index in [2.05, 4.69) is 6.07 Å². The Balaban J connectivity index is 2.49. The Morgan fingerprint density at radius 2 is 2.06 bits per heavy atom. The molecule has 0 aliphatic rings. The predicted molar refractivity (Wildman–Crippen MR) is 70.3 cm³/mol. The minimum atomic E-state index is 0.0550. The summed E-state index contributed by atoms with van der Waals surface area (Å²) in [7, 11) is 1.74. The summed E-state index contributed by atoms with van der Waals surface area (Å²) in [4.78, 5) is 13.5. The first-order valence-electron chi connectivity index (χ1n) is 6.03. The van der Waals surface area contributed by atoms with Crippen LogP contribution < -0.4 is 4.90 Å². The minimum Gasteiger partial charge on any atom is -0.382 e. The van der Waals surface area contributed by atoms with Crippen LogP contribution >= 0.6 is 0 Å². The molecule has 0 N–H and O–H groups in total. The Morgan fingerprint density at radius 3 is 2.61 bits per heavy atom. The van der Waals surface area contributed by atoms with Crippen molar-refractivity contribution in [3.63, 3.8) is 0 Å². The SMILES string of the molecule is CCOCCCC(=O)N(C)c1ccc(C#N)cc1. The summed E-state index contributed by atoms with van der Waals surface area (Å²) in [6.45, 7) is 3.23. The van der Waals surface area contributed by atoms with Crippen molar-refractivity contribution in [2.45, 2.75) is 19.8 Å². The van der Waals surface area contributed by atoms with Gasteiger partial charge in [-0.15, -0.1) is 0 Å². The summed E-state index contributed by atoms with van der Waals surface area (Å²) in [6, 6.07) is 9.02. The normalized spacial score (nSPS) is 9.83. The molecule has 18 heavy (non-hydrogen) atoms. The number of hydrogen-bond acceptors (Lipinski definition) is 3. The molecule has 1 amide bonds. The second kappa shape index (κ2) is 7.46. The molecule has 0 spiro atoms. The molecule has 4 heteroatoms. The average molecular weight is 246 g/mol. The molecule has 0 aliphatic heterocycles. The van der Waals surface area contributed by atoms with Gasteiger partial charge in [0.1, 0.15) is 0 Å². The summed E-state index contributed by atoms with van der Waals surface area (Å²) in [5.74, 6) is 0.0550. The van der Waals surface area contributed by atoms with Crippen LogP contribution in [-0.4, -0.2) is 26.2 Å². The van der Waals surface area contributed by atoms with E-state index in [0.717, 1.165) is 12.1 Å². The Morgan fingerprint density at radius 1 is 1.39 bits per heavy atom. The number of carbonyl (C=O) groups is 1. The third kappa shape index (κ3) is 4.19. The van der Waals surface area contributed by atoms with Crippen molar-refractivity contribution >= 4 is 11.6 Å². The molecule has 0 fully saturated rings. The lowest BCUT2D eigenvalue weighted by Gasteiger charge is -2.17. The minimum absolute atomic E-state index is 0.0550. The van der Waals surface area contributed by atoms with Crippen LogP contribution in [0.3, 0.4) is 0 Å². The van der Waals surface area contributed by atoms with Gasteiger partial charge in [-0.25, -0.2) is 0 Å². The monoisotopic (exact) mass is 246 g/mol. The van der Waals surface area contributed by atoms with Crippen LogP contribution in [0.2, 0.25) is 0 Å². The van der Waals surface area contributed by atoms with Crippen molar-refractivity contribution in [1.29, 1.82) is 5.26 Å². The summed E-state index contributed by atoms with van der Waals surface area (Å²) in [5, 5.41) is 8.70. The fourth-order valence-electron chi connectivity index (χ4n) is 1.54. The number of amides is 1. The second-order valence-electron chi connectivity index (χ2n) is 3.91. The summed E-state index contributed by atoms with van der Waals surface area (Å²) >= 11 is 0. The van der Waals surface area contributed by atoms with E-state index in [4.69, 9.17) is 10.00 Å². The van der Waals surface area contributed by atoms with Gasteiger partial charge in [0.2, 0.25) is 5.91 Å². The molecule has 0 saturated heterocycles. The Labute approximate surface area is 108 Å². The van der Waals surface area contributed by atoms with Crippen LogP contribution in [0.4, 0.5) is 5.69 Å². The summed E-state index contributed by atoms with van der Waals surface area (Å²) < 4.78 is 5.19. The maximum absolute atomic E-state index is 11.9. The molecule has 0 atom stereocenters. The number of benzene rings is 1. The maximum Gasteiger partial charge on any atom is 0.226 e. The molecule has 1 rings (SSSR count). The zero-order chi connectivity index (χ0) is 13.4. The highest BCUT2D eigenvalue weighted by atomic mass is 16.5. The van der Waals surface area contributed by atoms with Crippen LogP contribution in [0.25, 0.3) is 0 Å². The number of carbonyl (C=O) groups excluding carboxylic acids is 1. The van der Waals surface area contributed by atoms with Gasteiger partial charge in [0.05, 0.1) is 11.6 Å². The third-order valence-electron chi connectivity index (χ3n) is 2.64. The third-order valence-corrected chi connectivity index (χ3v) is 2.64. The highest BCUT2D eigenvalue weighted by molar-refractivity contribution is 5.92. The molecule has 0 aliphatic carbocycles. The Hall–Kier alpha value is -1.86. The fourth-order valence-corrected chi connectivity index (χ4v) is 1.54. The van der Waals surface area contributed by atoms with Crippen molar-refractivity contribution in [2.24, 2.45) is 0 Å². The Kier molecular flexibility index (Phi) is 5.89. The maximum atomic E-state index is 11.9. The van der Waals surface area contributed by atoms with Crippen LogP contribution in [-0.2, 0) is 9.53 Å². The van der Waals surface area contributed by atoms with Gasteiger partial charge in [-0.3, -0.25) is 4.79 Å². The van der Waals surface area contributed by atoms with Gasteiger partial charge in [-0.1, -0.05) is 0 Å². The molecule has 96 valence electrons. The molecule has 1 aromatic carbocycles. The average Bonchev–Trinajstić information content (AvgIpc) is 2.42. The lowest BCUT2D eigenvalue weighted by molar-refractivity contribution is -0.118. The number of hydrogen-bond donors (Lipinski definition) is 0. The molecule has 4 nitrogen and oxygen atoms in total. The molecular weight excluding hydrogens is 228 g/mol. The van der Waals surface area contributed by atoms with Gasteiger partial charge in [0, 0.05) is 32.4 Å². The number of ether oxygens (including phenoxy) is 1. The molecule has 0 heterocycles. The zero-order valence-electron chi connectivity index (χ0n) is 10.8. The van der Waals surface area contributed by atoms with Crippen LogP contribution in [0.1, 0.15) is 25.3 Å². The van der Waals surface area contributed by atoms with E-state index in [0.29, 0.717) is 25.2 Å². The quantitative estimate of drug-likeness (QED) is 0.724. The van der Waals surface area contributed by atoms with Crippen molar-refractivity contribution in [2.75, 3.05) is 25.2 Å². The lowest BCUT2D eigenvalue weighted by Crippen LogP contribution is -2.26. The molecule has 0 saturated carbocycles. The lowest BCUT2D eigenvalue weighted by atomic mass is 10.2. The highest BCUT2D eigenvalue weighted by Gasteiger charge is 2.10. The van der Waals surface area contributed by atoms with Gasteiger partial charge in [0.25, 0.3) is 0 Å². The van der Waals surface area contributed by atoms with E-state index in [-0.39, 0.29) is 5.91 Å². The molecule has 0 radical (unpaired) electrons. The van der Waals surface area contributed by atoms with Gasteiger partial charge in [0.15, 0.2) is 0 Å². The fraction of sp³-hybridized carbons (Fsp3) is 0.429. The van der Waals surface area contributed by atoms with Crippen molar-refractivity contribution in [3.05, 3.63) is 29.8 Å². The number of rotatable bonds is 6. The standard InChI is InChI=1S/C14H18N2O2/c1-3-18-10-4-5-14(17)16(2)13-8-6-12(11-15)7-9-13/h6-9H,3-5,10H2,1-2H3. The van der Waals surface area contributed by atoms with E-state index in [1.165, 1.54) is 0 Å². The van der Waals surface area contributed by atoms with Gasteiger partial charge in [-0.05, 0) is 37.6 Å². The zero-order valence-corrected chi connectivity index (χ0v) is 10.8. The van der Waals surface area contributed by atoms with Crippen LogP contribution in [0, 0.1) is 11.3 Å². The van der Waals surface area contributed by atoms with Crippen LogP contribution in [0.15, 0.2) is 24.3 Å². The molecule has 0 unspecified atom stereocenters. The van der Waals surface area contributed by atoms with Gasteiger partial charge in [-0.2, -0.15) is 5.26 Å². The molecular formula is C14H18N2O2. The smallest absolute Gasteiger partial charge is 0.226 e. The second-order valence-corrected chi connectivity index (χ2v) is 3.91. The summed E-state index contributed by atoms with van der Waals surface area (Å²) in [6.07, 6.45) is 1.20. The predicted octanol–water partition coefficient (Wildman–Crippen LogP) is 2.34. The van der Waals surface area contributed by atoms with Crippen molar-refractivity contribution in [3.8, 4) is 6.07 Å². The van der Waals surface area contributed by atoms with Gasteiger partial charge < -0.3 is 9.64 Å². The summed E-state index contributed by atoms with van der Waals surface area (Å²) in [5.41, 5.74) is 1.39. The van der Waals surface area contributed by atoms with Crippen molar-refractivity contribution in [1.82, 2.24) is 0 Å². The van der Waals surface area contributed by atoms with E-state index >= 15 is 0 Å². The van der Waals surface area contributed by atoms with E-state index < -0.39 is 0 Å². The first kappa shape index (κ1) is 14.2. The Bertz CT molecular complexity index is 420. The van der Waals surface area contributed by atoms with E-state index in [1.807, 2.05) is 6.92 Å². The van der Waals surface area contributed by atoms with Gasteiger partial charge >= 0.3 is 0 Å². The highest BCUT2D eigenvalue weighted by Crippen LogP contribution is 2.14. The molecule has 1 aromatic rings. The first-order chi connectivity index (χ1) is 8.69. The first-order valence-corrected chi connectivity index (χ1v) is 6.03. The topological polar surface area (TPSA) is 53.3 Å². The van der Waals surface area contributed by atoms with Crippen molar-refractivity contribution < 1.29 is 9.53 Å². The molecule has 0 aromatic heterocycles. The largest absolute Gasteiger partial charge is 0.382 e. The van der Waals surface area contributed by atoms with E-state index in [9.17, 15) is 4.79 Å². The number of nitrogens with zero attached hydrogens (tertiary/aromatic N) is 2. The van der Waals surface area contributed by atoms with E-state index in [1.54, 1.807) is 36.2 Å². The number of anilines is 1. The van der Waals surface area contributed by atoms with Crippen LogP contribution in [0.5, 0.6) is 0 Å². The molecule has 0 bridgehead atoms. The number of nitriles is 1.